The van der Waals surface area contributed by atoms with Crippen molar-refractivity contribution in [3.8, 4) is 0 Å². The van der Waals surface area contributed by atoms with Crippen LogP contribution in [0.5, 0.6) is 0 Å². The maximum Gasteiger partial charge on any atom is 0.343 e. The molecule has 3 N–H and O–H groups in total. The zero-order valence-electron chi connectivity index (χ0n) is 9.38. The van der Waals surface area contributed by atoms with E-state index in [2.05, 4.69) is 19.9 Å². The first-order valence-corrected chi connectivity index (χ1v) is 4.75. The molecular weight excluding hydrogens is 228 g/mol. The maximum absolute atomic E-state index is 11.4. The normalized spacial score (nSPS) is 12.6. The highest BCUT2D eigenvalue weighted by Crippen LogP contribution is 2.15. The van der Waals surface area contributed by atoms with Crippen LogP contribution in [-0.4, -0.2) is 34.2 Å². The second kappa shape index (κ2) is 5.64. The van der Waals surface area contributed by atoms with Gasteiger partial charge >= 0.3 is 5.97 Å². The van der Waals surface area contributed by atoms with E-state index in [0.29, 0.717) is 0 Å². The second-order valence-electron chi connectivity index (χ2n) is 2.95. The predicted octanol–water partition coefficient (Wildman–Crippen LogP) is 0.749. The Morgan fingerprint density at radius 1 is 1.65 bits per heavy atom. The lowest BCUT2D eigenvalue weighted by atomic mass is 10.2. The number of aliphatic imine (C=N–C) groups is 1. The minimum Gasteiger partial charge on any atom is -0.512 e. The predicted molar refractivity (Wildman–Crippen MR) is 58.8 cm³/mol. The Labute approximate surface area is 96.7 Å². The van der Waals surface area contributed by atoms with E-state index in [1.165, 1.54) is 6.92 Å². The largest absolute Gasteiger partial charge is 0.512 e. The summed E-state index contributed by atoms with van der Waals surface area (Å²) in [6, 6.07) is 0. The van der Waals surface area contributed by atoms with Gasteiger partial charge in [-0.15, -0.1) is 0 Å². The van der Waals surface area contributed by atoms with Crippen molar-refractivity contribution < 1.29 is 19.3 Å². The molecule has 8 nitrogen and oxygen atoms in total. The highest BCUT2D eigenvalue weighted by atomic mass is 16.6. The lowest BCUT2D eigenvalue weighted by Crippen LogP contribution is -2.10. The summed E-state index contributed by atoms with van der Waals surface area (Å²) in [6.07, 6.45) is 1.09. The van der Waals surface area contributed by atoms with E-state index in [4.69, 9.17) is 10.5 Å². The van der Waals surface area contributed by atoms with Gasteiger partial charge in [0.25, 0.3) is 0 Å². The lowest BCUT2D eigenvalue weighted by molar-refractivity contribution is -0.138. The minimum atomic E-state index is -0.689. The first kappa shape index (κ1) is 12.7. The minimum absolute atomic E-state index is 0.0138. The lowest BCUT2D eigenvalue weighted by Gasteiger charge is -2.02. The van der Waals surface area contributed by atoms with E-state index in [0.717, 1.165) is 6.21 Å². The average Bonchev–Trinajstić information content (AvgIpc) is 2.64. The van der Waals surface area contributed by atoms with Gasteiger partial charge in [-0.25, -0.2) is 14.4 Å². The van der Waals surface area contributed by atoms with Crippen LogP contribution < -0.4 is 5.73 Å². The second-order valence-corrected chi connectivity index (χ2v) is 2.95. The number of carbonyl (C=O) groups is 1. The van der Waals surface area contributed by atoms with Crippen LogP contribution in [0.25, 0.3) is 0 Å². The van der Waals surface area contributed by atoms with Crippen LogP contribution in [0.3, 0.4) is 0 Å². The van der Waals surface area contributed by atoms with Gasteiger partial charge in [-0.3, -0.25) is 0 Å². The number of nitrogen functional groups attached to an aromatic ring is 1. The number of allylic oxidation sites excluding steroid dienone is 1. The highest BCUT2D eigenvalue weighted by Gasteiger charge is 2.12. The van der Waals surface area contributed by atoms with Gasteiger partial charge in [0.2, 0.25) is 11.6 Å². The Morgan fingerprint density at radius 2 is 2.35 bits per heavy atom. The van der Waals surface area contributed by atoms with Crippen molar-refractivity contribution in [1.29, 1.82) is 0 Å². The molecule has 0 aliphatic rings. The SMILES string of the molecule is CCOC(=O)C(C=Nc1nonc1N)=C(C)O. The summed E-state index contributed by atoms with van der Waals surface area (Å²) < 4.78 is 9.04. The molecule has 17 heavy (non-hydrogen) atoms. The molecule has 0 aliphatic heterocycles. The van der Waals surface area contributed by atoms with Crippen LogP contribution in [-0.2, 0) is 9.53 Å². The average molecular weight is 240 g/mol. The third kappa shape index (κ3) is 3.30. The summed E-state index contributed by atoms with van der Waals surface area (Å²) in [7, 11) is 0. The molecule has 1 heterocycles. The molecule has 0 radical (unpaired) electrons. The molecular formula is C9H12N4O4. The van der Waals surface area contributed by atoms with Crippen molar-refractivity contribution in [3.05, 3.63) is 11.3 Å². The Balaban J connectivity index is 2.90. The third-order valence-corrected chi connectivity index (χ3v) is 1.70. The molecule has 1 aromatic heterocycles. The van der Waals surface area contributed by atoms with E-state index in [1.54, 1.807) is 6.92 Å². The van der Waals surface area contributed by atoms with Crippen molar-refractivity contribution in [1.82, 2.24) is 10.3 Å². The number of nitrogens with two attached hydrogens (primary N) is 1. The van der Waals surface area contributed by atoms with E-state index >= 15 is 0 Å². The molecule has 0 amide bonds. The summed E-state index contributed by atoms with van der Waals surface area (Å²) >= 11 is 0. The van der Waals surface area contributed by atoms with Gasteiger partial charge in [-0.2, -0.15) is 0 Å². The van der Waals surface area contributed by atoms with Crippen molar-refractivity contribution in [2.24, 2.45) is 4.99 Å². The molecule has 8 heteroatoms. The fourth-order valence-electron chi connectivity index (χ4n) is 0.909. The fourth-order valence-corrected chi connectivity index (χ4v) is 0.909. The van der Waals surface area contributed by atoms with Gasteiger partial charge in [0, 0.05) is 6.21 Å². The first-order valence-electron chi connectivity index (χ1n) is 4.75. The topological polar surface area (TPSA) is 124 Å². The van der Waals surface area contributed by atoms with Crippen molar-refractivity contribution in [2.45, 2.75) is 13.8 Å². The Bertz CT molecular complexity index is 459. The zero-order valence-corrected chi connectivity index (χ0v) is 9.38. The number of nitrogens with zero attached hydrogens (tertiary/aromatic N) is 3. The molecule has 1 aromatic rings. The molecule has 0 unspecified atom stereocenters. The van der Waals surface area contributed by atoms with Gasteiger partial charge in [0.05, 0.1) is 6.61 Å². The van der Waals surface area contributed by atoms with Crippen molar-refractivity contribution >= 4 is 23.8 Å². The number of aliphatic hydroxyl groups excluding tert-OH is 1. The molecule has 0 atom stereocenters. The van der Waals surface area contributed by atoms with Gasteiger partial charge in [-0.1, -0.05) is 0 Å². The number of rotatable bonds is 4. The third-order valence-electron chi connectivity index (χ3n) is 1.70. The van der Waals surface area contributed by atoms with Crippen LogP contribution in [0, 0.1) is 0 Å². The summed E-state index contributed by atoms with van der Waals surface area (Å²) in [6.45, 7) is 3.18. The Kier molecular flexibility index (Phi) is 4.21. The molecule has 0 fully saturated rings. The molecule has 0 aliphatic carbocycles. The zero-order chi connectivity index (χ0) is 12.8. The quantitative estimate of drug-likeness (QED) is 0.344. The summed E-state index contributed by atoms with van der Waals surface area (Å²) in [5.41, 5.74) is 5.27. The van der Waals surface area contributed by atoms with E-state index in [9.17, 15) is 9.90 Å². The maximum atomic E-state index is 11.4. The number of anilines is 1. The van der Waals surface area contributed by atoms with Crippen molar-refractivity contribution in [2.75, 3.05) is 12.3 Å². The monoisotopic (exact) mass is 240 g/mol. The van der Waals surface area contributed by atoms with Crippen LogP contribution in [0.1, 0.15) is 13.8 Å². The smallest absolute Gasteiger partial charge is 0.343 e. The standard InChI is InChI=1S/C9H12N4O4/c1-3-16-9(15)6(5(2)14)4-11-8-7(10)12-17-13-8/h4,14H,3H2,1-2H3,(H2,10,12). The molecule has 0 spiro atoms. The summed E-state index contributed by atoms with van der Waals surface area (Å²) in [4.78, 5) is 15.2. The van der Waals surface area contributed by atoms with Crippen LogP contribution in [0.2, 0.25) is 0 Å². The Morgan fingerprint density at radius 3 is 2.82 bits per heavy atom. The van der Waals surface area contributed by atoms with Crippen LogP contribution in [0.4, 0.5) is 11.6 Å². The summed E-state index contributed by atoms with van der Waals surface area (Å²) in [5, 5.41) is 16.0. The van der Waals surface area contributed by atoms with Gasteiger partial charge in [-0.05, 0) is 24.2 Å². The number of hydrogen-bond donors (Lipinski definition) is 2. The first-order chi connectivity index (χ1) is 8.06. The Hall–Kier alpha value is -2.38. The molecule has 0 saturated heterocycles. The van der Waals surface area contributed by atoms with Crippen LogP contribution >= 0.6 is 0 Å². The summed E-state index contributed by atoms with van der Waals surface area (Å²) in [5.74, 6) is -0.901. The number of aliphatic hydroxyl groups is 1. The number of esters is 1. The van der Waals surface area contributed by atoms with Crippen LogP contribution in [0.15, 0.2) is 21.0 Å². The van der Waals surface area contributed by atoms with E-state index in [1.807, 2.05) is 0 Å². The highest BCUT2D eigenvalue weighted by molar-refractivity contribution is 6.10. The van der Waals surface area contributed by atoms with E-state index < -0.39 is 5.97 Å². The van der Waals surface area contributed by atoms with Gasteiger partial charge in [0.15, 0.2) is 0 Å². The number of carbonyl (C=O) groups excluding carboxylic acids is 1. The van der Waals surface area contributed by atoms with Gasteiger partial charge in [0.1, 0.15) is 11.3 Å². The molecule has 92 valence electrons. The molecule has 1 rings (SSSR count). The molecule has 0 bridgehead atoms. The van der Waals surface area contributed by atoms with Gasteiger partial charge < -0.3 is 15.6 Å². The molecule has 0 saturated carbocycles. The number of ether oxygens (including phenoxy) is 1. The molecule has 0 aromatic carbocycles. The fraction of sp³-hybridized carbons (Fsp3) is 0.333. The van der Waals surface area contributed by atoms with E-state index in [-0.39, 0.29) is 29.6 Å². The number of aromatic nitrogens is 2. The van der Waals surface area contributed by atoms with Crippen molar-refractivity contribution in [3.63, 3.8) is 0 Å². The number of hydrogen-bond acceptors (Lipinski definition) is 8.